The Balaban J connectivity index is 1.50. The number of thiazole rings is 1. The van der Waals surface area contributed by atoms with Crippen molar-refractivity contribution in [2.45, 2.75) is 20.5 Å². The summed E-state index contributed by atoms with van der Waals surface area (Å²) in [5.41, 5.74) is 5.13. The lowest BCUT2D eigenvalue weighted by Crippen LogP contribution is -2.22. The lowest BCUT2D eigenvalue weighted by atomic mass is 10.1. The zero-order valence-corrected chi connectivity index (χ0v) is 22.0. The number of aromatic nitrogens is 2. The molecule has 0 fully saturated rings. The van der Waals surface area contributed by atoms with Gasteiger partial charge in [-0.2, -0.15) is 0 Å². The average Bonchev–Trinajstić information content (AvgIpc) is 3.34. The van der Waals surface area contributed by atoms with E-state index in [1.807, 2.05) is 26.0 Å². The predicted molar refractivity (Wildman–Crippen MR) is 143 cm³/mol. The van der Waals surface area contributed by atoms with Crippen LogP contribution in [0.3, 0.4) is 0 Å². The number of nitro benzene ring substituents is 1. The van der Waals surface area contributed by atoms with Crippen molar-refractivity contribution in [3.8, 4) is 11.5 Å². The zero-order valence-electron chi connectivity index (χ0n) is 19.6. The molecule has 0 bridgehead atoms. The molecule has 0 saturated carbocycles. The predicted octanol–water partition coefficient (Wildman–Crippen LogP) is 5.33. The summed E-state index contributed by atoms with van der Waals surface area (Å²) in [4.78, 5) is 29.1. The number of non-ortho nitro benzene ring substituents is 1. The van der Waals surface area contributed by atoms with Gasteiger partial charge in [-0.3, -0.25) is 14.9 Å². The molecule has 0 unspecified atom stereocenters. The molecular formula is C26H20BrN3O5S. The topological polar surface area (TPSA) is 96.0 Å². The monoisotopic (exact) mass is 565 g/mol. The fraction of sp³-hybridized carbons (Fsp3) is 0.154. The highest BCUT2D eigenvalue weighted by Gasteiger charge is 2.15. The van der Waals surface area contributed by atoms with Crippen molar-refractivity contribution in [3.63, 3.8) is 0 Å². The first kappa shape index (κ1) is 24.0. The fourth-order valence-corrected chi connectivity index (χ4v) is 5.33. The number of fused-ring (bicyclic) bond motifs is 3. The Morgan fingerprint density at radius 2 is 1.92 bits per heavy atom. The van der Waals surface area contributed by atoms with Crippen LogP contribution in [0.25, 0.3) is 22.1 Å². The van der Waals surface area contributed by atoms with Crippen LogP contribution in [0, 0.1) is 24.0 Å². The normalized spacial score (nSPS) is 11.9. The molecule has 3 aromatic carbocycles. The summed E-state index contributed by atoms with van der Waals surface area (Å²) in [5, 5.41) is 11.0. The van der Waals surface area contributed by atoms with E-state index in [0.717, 1.165) is 27.7 Å². The van der Waals surface area contributed by atoms with Crippen molar-refractivity contribution in [2.24, 2.45) is 0 Å². The van der Waals surface area contributed by atoms with E-state index in [2.05, 4.69) is 20.9 Å². The first-order valence-electron chi connectivity index (χ1n) is 10.9. The summed E-state index contributed by atoms with van der Waals surface area (Å²) in [6.07, 6.45) is 1.80. The summed E-state index contributed by atoms with van der Waals surface area (Å²) in [6, 6.07) is 13.8. The van der Waals surface area contributed by atoms with E-state index in [0.29, 0.717) is 31.0 Å². The quantitative estimate of drug-likeness (QED) is 0.204. The third-order valence-electron chi connectivity index (χ3n) is 5.94. The Hall–Kier alpha value is -3.76. The molecule has 2 aromatic heterocycles. The van der Waals surface area contributed by atoms with Crippen molar-refractivity contribution < 1.29 is 14.4 Å². The van der Waals surface area contributed by atoms with Crippen molar-refractivity contribution in [1.29, 1.82) is 0 Å². The highest BCUT2D eigenvalue weighted by Crippen LogP contribution is 2.34. The number of hydrogen-bond donors (Lipinski definition) is 0. The van der Waals surface area contributed by atoms with E-state index >= 15 is 0 Å². The number of imidazole rings is 1. The molecule has 0 aliphatic carbocycles. The van der Waals surface area contributed by atoms with Gasteiger partial charge in [-0.1, -0.05) is 39.4 Å². The third-order valence-corrected chi connectivity index (χ3v) is 7.60. The van der Waals surface area contributed by atoms with Crippen LogP contribution in [0.15, 0.2) is 57.8 Å². The van der Waals surface area contributed by atoms with E-state index < -0.39 is 4.92 Å². The molecule has 0 atom stereocenters. The molecule has 0 saturated heterocycles. The molecule has 36 heavy (non-hydrogen) atoms. The lowest BCUT2D eigenvalue weighted by molar-refractivity contribution is -0.384. The van der Waals surface area contributed by atoms with Gasteiger partial charge in [-0.05, 0) is 66.4 Å². The molecular weight excluding hydrogens is 546 g/mol. The Labute approximate surface area is 217 Å². The smallest absolute Gasteiger partial charge is 0.274 e. The number of halogens is 1. The minimum Gasteiger partial charge on any atom is -0.493 e. The van der Waals surface area contributed by atoms with Gasteiger partial charge in [-0.15, -0.1) is 0 Å². The van der Waals surface area contributed by atoms with Gasteiger partial charge in [0.25, 0.3) is 11.2 Å². The summed E-state index contributed by atoms with van der Waals surface area (Å²) in [6.45, 7) is 4.18. The first-order chi connectivity index (χ1) is 17.2. The second-order valence-corrected chi connectivity index (χ2v) is 10.2. The molecule has 0 aliphatic heterocycles. The van der Waals surface area contributed by atoms with Crippen molar-refractivity contribution >= 4 is 55.0 Å². The van der Waals surface area contributed by atoms with Gasteiger partial charge in [-0.25, -0.2) is 9.38 Å². The van der Waals surface area contributed by atoms with Crippen LogP contribution in [0.4, 0.5) is 5.69 Å². The minimum absolute atomic E-state index is 0.00276. The molecule has 0 amide bonds. The zero-order chi connectivity index (χ0) is 25.6. The number of ether oxygens (including phenoxy) is 2. The maximum Gasteiger partial charge on any atom is 0.274 e. The molecule has 182 valence electrons. The average molecular weight is 566 g/mol. The Kier molecular flexibility index (Phi) is 6.23. The maximum atomic E-state index is 13.3. The maximum absolute atomic E-state index is 13.3. The van der Waals surface area contributed by atoms with Crippen molar-refractivity contribution in [3.05, 3.63) is 100 Å². The largest absolute Gasteiger partial charge is 0.493 e. The highest BCUT2D eigenvalue weighted by molar-refractivity contribution is 9.10. The number of hydrogen-bond acceptors (Lipinski definition) is 7. The van der Waals surface area contributed by atoms with E-state index in [9.17, 15) is 14.9 Å². The SMILES string of the molecule is COc1cc(/C=c2\sc3nc4cc(C)c(C)cc4n3c2=O)c(Br)cc1OCc1cccc([N+](=O)[O-])c1. The van der Waals surface area contributed by atoms with Crippen LogP contribution in [0.1, 0.15) is 22.3 Å². The van der Waals surface area contributed by atoms with Crippen LogP contribution in [0.5, 0.6) is 11.5 Å². The molecule has 8 nitrogen and oxygen atoms in total. The number of nitro groups is 1. The summed E-state index contributed by atoms with van der Waals surface area (Å²) in [5.74, 6) is 0.938. The summed E-state index contributed by atoms with van der Waals surface area (Å²) >= 11 is 4.89. The van der Waals surface area contributed by atoms with Crippen LogP contribution in [0.2, 0.25) is 0 Å². The van der Waals surface area contributed by atoms with Gasteiger partial charge in [0.1, 0.15) is 6.61 Å². The van der Waals surface area contributed by atoms with E-state index in [1.54, 1.807) is 34.7 Å². The van der Waals surface area contributed by atoms with Gasteiger partial charge in [0.05, 0.1) is 27.6 Å². The van der Waals surface area contributed by atoms with Crippen molar-refractivity contribution in [1.82, 2.24) is 9.38 Å². The fourth-order valence-electron chi connectivity index (χ4n) is 3.91. The molecule has 0 N–H and O–H groups in total. The standard InChI is InChI=1S/C26H20BrN3O5S/c1-14-7-20-21(8-15(14)2)29-25(31)24(36-26(29)28-20)11-17-10-22(34-3)23(12-19(17)27)35-13-16-5-4-6-18(9-16)30(32)33/h4-12H,13H2,1-3H3/b24-11-. The second kappa shape index (κ2) is 9.36. The number of benzene rings is 3. The van der Waals surface area contributed by atoms with Gasteiger partial charge in [0.15, 0.2) is 16.5 Å². The molecule has 0 radical (unpaired) electrons. The van der Waals surface area contributed by atoms with Gasteiger partial charge in [0.2, 0.25) is 0 Å². The minimum atomic E-state index is -0.442. The van der Waals surface area contributed by atoms with E-state index in [-0.39, 0.29) is 17.9 Å². The molecule has 10 heteroatoms. The van der Waals surface area contributed by atoms with Gasteiger partial charge >= 0.3 is 0 Å². The second-order valence-electron chi connectivity index (χ2n) is 8.31. The number of rotatable bonds is 6. The Bertz CT molecular complexity index is 1780. The number of nitrogens with zero attached hydrogens (tertiary/aromatic N) is 3. The van der Waals surface area contributed by atoms with Crippen LogP contribution >= 0.6 is 27.3 Å². The van der Waals surface area contributed by atoms with Gasteiger partial charge < -0.3 is 9.47 Å². The highest BCUT2D eigenvalue weighted by atomic mass is 79.9. The molecule has 2 heterocycles. The van der Waals surface area contributed by atoms with E-state index in [1.165, 1.54) is 30.6 Å². The third kappa shape index (κ3) is 4.33. The number of aryl methyl sites for hydroxylation is 2. The van der Waals surface area contributed by atoms with Crippen molar-refractivity contribution in [2.75, 3.05) is 7.11 Å². The molecule has 5 rings (SSSR count). The summed E-state index contributed by atoms with van der Waals surface area (Å²) in [7, 11) is 1.53. The van der Waals surface area contributed by atoms with E-state index in [4.69, 9.17) is 9.47 Å². The molecule has 0 spiro atoms. The first-order valence-corrected chi connectivity index (χ1v) is 12.5. The van der Waals surface area contributed by atoms with Gasteiger partial charge in [0, 0.05) is 16.6 Å². The Morgan fingerprint density at radius 1 is 1.14 bits per heavy atom. The molecule has 0 aliphatic rings. The van der Waals surface area contributed by atoms with Crippen LogP contribution < -0.4 is 19.6 Å². The number of methoxy groups -OCH3 is 1. The summed E-state index contributed by atoms with van der Waals surface area (Å²) < 4.78 is 14.3. The van der Waals surface area contributed by atoms with Crippen LogP contribution in [-0.4, -0.2) is 21.4 Å². The molecule has 5 aromatic rings. The Morgan fingerprint density at radius 3 is 2.67 bits per heavy atom. The lowest BCUT2D eigenvalue weighted by Gasteiger charge is -2.13. The van der Waals surface area contributed by atoms with Crippen LogP contribution in [-0.2, 0) is 6.61 Å².